The van der Waals surface area contributed by atoms with Gasteiger partial charge in [0.25, 0.3) is 0 Å². The van der Waals surface area contributed by atoms with Crippen LogP contribution in [0.5, 0.6) is 0 Å². The Balaban J connectivity index is 0.00000441. The van der Waals surface area contributed by atoms with Crippen LogP contribution in [0.25, 0.3) is 0 Å². The second kappa shape index (κ2) is 16.8. The Labute approximate surface area is 139 Å². The minimum Gasteiger partial charge on any atom is -0.361 e. The van der Waals surface area contributed by atoms with E-state index in [-0.39, 0.29) is 6.15 Å². The molecule has 3 N–H and O–H groups in total. The quantitative estimate of drug-likeness (QED) is 0.378. The lowest BCUT2D eigenvalue weighted by atomic mass is 10.0. The Morgan fingerprint density at radius 2 is 1.18 bits per heavy atom. The lowest BCUT2D eigenvalue weighted by Crippen LogP contribution is -2.20. The molecule has 3 heteroatoms. The van der Waals surface area contributed by atoms with Crippen molar-refractivity contribution in [1.29, 1.82) is 0 Å². The first-order valence-corrected chi connectivity index (χ1v) is 9.67. The maximum absolute atomic E-state index is 4.25. The Hall–Kier alpha value is -0.570. The van der Waals surface area contributed by atoms with Gasteiger partial charge in [-0.05, 0) is 6.42 Å². The van der Waals surface area contributed by atoms with Gasteiger partial charge in [-0.3, -0.25) is 4.99 Å². The highest BCUT2D eigenvalue weighted by molar-refractivity contribution is 5.56. The van der Waals surface area contributed by atoms with Gasteiger partial charge >= 0.3 is 0 Å². The van der Waals surface area contributed by atoms with Crippen molar-refractivity contribution in [1.82, 2.24) is 11.1 Å². The van der Waals surface area contributed by atoms with Gasteiger partial charge < -0.3 is 11.1 Å². The van der Waals surface area contributed by atoms with Crippen LogP contribution in [0.4, 0.5) is 0 Å². The predicted octanol–water partition coefficient (Wildman–Crippen LogP) is 5.97. The molecule has 0 amide bonds. The molecule has 0 aromatic rings. The molecule has 22 heavy (non-hydrogen) atoms. The molecular weight excluding hydrogens is 270 g/mol. The van der Waals surface area contributed by atoms with Crippen LogP contribution in [0.3, 0.4) is 0 Å². The third-order valence-corrected chi connectivity index (χ3v) is 4.56. The Bertz CT molecular complexity index is 241. The summed E-state index contributed by atoms with van der Waals surface area (Å²) < 4.78 is 0. The molecule has 0 spiro atoms. The summed E-state index contributed by atoms with van der Waals surface area (Å²) in [5.41, 5.74) is 0. The van der Waals surface area contributed by atoms with Crippen molar-refractivity contribution in [3.05, 3.63) is 0 Å². The molecule has 3 nitrogen and oxygen atoms in total. The summed E-state index contributed by atoms with van der Waals surface area (Å²) in [7, 11) is 0. The molecule has 132 valence electrons. The summed E-state index contributed by atoms with van der Waals surface area (Å²) in [6, 6.07) is 0. The van der Waals surface area contributed by atoms with Gasteiger partial charge in [0.05, 0.1) is 12.9 Å². The molecule has 1 aliphatic heterocycles. The van der Waals surface area contributed by atoms with E-state index in [0.29, 0.717) is 0 Å². The number of hydrogen-bond donors (Lipinski definition) is 1. The molecule has 0 radical (unpaired) electrons. The lowest BCUT2D eigenvalue weighted by molar-refractivity contribution is 0.438. The van der Waals surface area contributed by atoms with Crippen LogP contribution >= 0.6 is 0 Å². The van der Waals surface area contributed by atoms with Gasteiger partial charge in [-0.1, -0.05) is 90.4 Å². The average molecular weight is 312 g/mol. The van der Waals surface area contributed by atoms with E-state index < -0.39 is 0 Å². The molecule has 1 aliphatic rings. The summed E-state index contributed by atoms with van der Waals surface area (Å²) in [5, 5.41) is 0. The van der Waals surface area contributed by atoms with E-state index >= 15 is 0 Å². The fraction of sp³-hybridized carbons (Fsp3) is 0.947. The standard InChI is InChI=1S/C19H38N2.H3N/c1-2-3-4-5-6-7-8-9-10-11-12-13-14-15-17-21-18-16-20-19-21;/h19H,2-18H2,1H3;1H3. The minimum absolute atomic E-state index is 0. The predicted molar refractivity (Wildman–Crippen MR) is 100 cm³/mol. The van der Waals surface area contributed by atoms with Crippen molar-refractivity contribution in [2.24, 2.45) is 4.99 Å². The van der Waals surface area contributed by atoms with Crippen molar-refractivity contribution >= 4 is 6.34 Å². The lowest BCUT2D eigenvalue weighted by Gasteiger charge is -2.12. The highest BCUT2D eigenvalue weighted by Crippen LogP contribution is 2.13. The molecule has 0 bridgehead atoms. The third-order valence-electron chi connectivity index (χ3n) is 4.56. The molecule has 1 rings (SSSR count). The van der Waals surface area contributed by atoms with E-state index in [1.807, 2.05) is 6.34 Å². The van der Waals surface area contributed by atoms with Gasteiger partial charge in [0, 0.05) is 13.1 Å². The first-order valence-electron chi connectivity index (χ1n) is 9.67. The molecule has 0 atom stereocenters. The Morgan fingerprint density at radius 1 is 0.727 bits per heavy atom. The van der Waals surface area contributed by atoms with Gasteiger partial charge in [0.1, 0.15) is 0 Å². The first kappa shape index (κ1) is 21.4. The van der Waals surface area contributed by atoms with E-state index in [1.54, 1.807) is 0 Å². The second-order valence-electron chi connectivity index (χ2n) is 6.65. The van der Waals surface area contributed by atoms with E-state index in [4.69, 9.17) is 0 Å². The molecule has 0 aromatic carbocycles. The maximum Gasteiger partial charge on any atom is 0.0851 e. The SMILES string of the molecule is CCCCCCCCCCCCCCCCN1C=NCC1.N. The molecule has 1 heterocycles. The van der Waals surface area contributed by atoms with Gasteiger partial charge in [-0.15, -0.1) is 0 Å². The monoisotopic (exact) mass is 311 g/mol. The van der Waals surface area contributed by atoms with Crippen LogP contribution in [0, 0.1) is 0 Å². The molecule has 0 aromatic heterocycles. The summed E-state index contributed by atoms with van der Waals surface area (Å²) in [5.74, 6) is 0. The summed E-state index contributed by atoms with van der Waals surface area (Å²) in [6.45, 7) is 5.68. The smallest absolute Gasteiger partial charge is 0.0851 e. The van der Waals surface area contributed by atoms with Crippen LogP contribution in [-0.2, 0) is 0 Å². The van der Waals surface area contributed by atoms with Crippen LogP contribution in [0.1, 0.15) is 96.8 Å². The van der Waals surface area contributed by atoms with Crippen LogP contribution in [0.15, 0.2) is 4.99 Å². The minimum atomic E-state index is 0. The van der Waals surface area contributed by atoms with Gasteiger partial charge in [0.2, 0.25) is 0 Å². The number of rotatable bonds is 15. The van der Waals surface area contributed by atoms with Crippen LogP contribution < -0.4 is 6.15 Å². The Kier molecular flexibility index (Phi) is 16.4. The first-order chi connectivity index (χ1) is 10.4. The van der Waals surface area contributed by atoms with Gasteiger partial charge in [-0.2, -0.15) is 0 Å². The van der Waals surface area contributed by atoms with Crippen molar-refractivity contribution in [2.45, 2.75) is 96.8 Å². The van der Waals surface area contributed by atoms with Gasteiger partial charge in [-0.25, -0.2) is 0 Å². The fourth-order valence-electron chi connectivity index (χ4n) is 3.10. The van der Waals surface area contributed by atoms with Gasteiger partial charge in [0.15, 0.2) is 0 Å². The second-order valence-corrected chi connectivity index (χ2v) is 6.65. The zero-order valence-corrected chi connectivity index (χ0v) is 15.2. The zero-order chi connectivity index (χ0) is 15.0. The molecular formula is C19H41N3. The Morgan fingerprint density at radius 3 is 1.59 bits per heavy atom. The molecule has 0 saturated heterocycles. The van der Waals surface area contributed by atoms with E-state index in [2.05, 4.69) is 16.8 Å². The largest absolute Gasteiger partial charge is 0.361 e. The molecule has 0 saturated carbocycles. The number of unbranched alkanes of at least 4 members (excludes halogenated alkanes) is 13. The van der Waals surface area contributed by atoms with E-state index in [9.17, 15) is 0 Å². The summed E-state index contributed by atoms with van der Waals surface area (Å²) in [6.07, 6.45) is 22.2. The molecule has 0 unspecified atom stereocenters. The zero-order valence-electron chi connectivity index (χ0n) is 15.2. The third kappa shape index (κ3) is 13.1. The number of aliphatic imine (C=N–C) groups is 1. The normalized spacial score (nSPS) is 13.6. The highest BCUT2D eigenvalue weighted by atomic mass is 15.2. The number of nitrogens with zero attached hydrogens (tertiary/aromatic N) is 2. The maximum atomic E-state index is 4.25. The average Bonchev–Trinajstić information content (AvgIpc) is 3.01. The summed E-state index contributed by atoms with van der Waals surface area (Å²) >= 11 is 0. The highest BCUT2D eigenvalue weighted by Gasteiger charge is 2.03. The number of hydrogen-bond acceptors (Lipinski definition) is 3. The fourth-order valence-corrected chi connectivity index (χ4v) is 3.10. The van der Waals surface area contributed by atoms with Crippen molar-refractivity contribution < 1.29 is 0 Å². The van der Waals surface area contributed by atoms with E-state index in [0.717, 1.165) is 13.1 Å². The van der Waals surface area contributed by atoms with Crippen LogP contribution in [0.2, 0.25) is 0 Å². The molecule has 0 aliphatic carbocycles. The molecule has 0 fully saturated rings. The van der Waals surface area contributed by atoms with Crippen molar-refractivity contribution in [2.75, 3.05) is 19.6 Å². The van der Waals surface area contributed by atoms with Crippen molar-refractivity contribution in [3.63, 3.8) is 0 Å². The van der Waals surface area contributed by atoms with E-state index in [1.165, 1.54) is 96.4 Å². The summed E-state index contributed by atoms with van der Waals surface area (Å²) in [4.78, 5) is 6.61. The van der Waals surface area contributed by atoms with Crippen molar-refractivity contribution in [3.8, 4) is 0 Å². The van der Waals surface area contributed by atoms with Crippen LogP contribution in [-0.4, -0.2) is 30.9 Å². The topological polar surface area (TPSA) is 50.6 Å².